The number of rotatable bonds is 10. The summed E-state index contributed by atoms with van der Waals surface area (Å²) < 4.78 is 11.4. The Bertz CT molecular complexity index is 1910. The number of amidine groups is 1. The standard InChI is InChI=1S/C34H38N6O5/c1-18-31(19(2)45-39-18)26-14-28-25(15-29(26)44-5)32-33(40(4)20(3)36-34(32)38-28)24-10-11-27(23-9-7-6-8-22(23)24)37-30(43)16-35-13-12-21(42)17-41/h6-11,14-15,21,33,35,38,41-42H,12-13,16-17H2,1-5H3,(H,37,43)/t21-,33?/m0/s1. The van der Waals surface area contributed by atoms with E-state index >= 15 is 0 Å². The van der Waals surface area contributed by atoms with Crippen molar-refractivity contribution in [2.45, 2.75) is 39.3 Å². The van der Waals surface area contributed by atoms with Crippen LogP contribution in [0.15, 0.2) is 58.0 Å². The predicted molar refractivity (Wildman–Crippen MR) is 175 cm³/mol. The minimum Gasteiger partial charge on any atom is -0.496 e. The predicted octanol–water partition coefficient (Wildman–Crippen LogP) is 4.96. The summed E-state index contributed by atoms with van der Waals surface area (Å²) >= 11 is 0. The Morgan fingerprint density at radius 2 is 1.91 bits per heavy atom. The Morgan fingerprint density at radius 1 is 1.13 bits per heavy atom. The number of aromatic nitrogens is 2. The number of aryl methyl sites for hydroxylation is 2. The third kappa shape index (κ3) is 5.54. The summed E-state index contributed by atoms with van der Waals surface area (Å²) in [5, 5.41) is 31.7. The highest BCUT2D eigenvalue weighted by Gasteiger charge is 2.33. The van der Waals surface area contributed by atoms with E-state index in [1.54, 1.807) is 7.11 Å². The summed E-state index contributed by atoms with van der Waals surface area (Å²) in [4.78, 5) is 23.5. The number of carbonyl (C=O) groups excluding carboxylic acids is 1. The minimum atomic E-state index is -0.799. The van der Waals surface area contributed by atoms with E-state index in [0.29, 0.717) is 24.4 Å². The number of aliphatic hydroxyl groups is 2. The van der Waals surface area contributed by atoms with Crippen LogP contribution >= 0.6 is 0 Å². The van der Waals surface area contributed by atoms with Crippen molar-refractivity contribution >= 4 is 44.9 Å². The quantitative estimate of drug-likeness (QED) is 0.139. The summed E-state index contributed by atoms with van der Waals surface area (Å²) in [5.41, 5.74) is 6.37. The average molecular weight is 611 g/mol. The molecule has 0 fully saturated rings. The fraction of sp³-hybridized carbons (Fsp3) is 0.324. The second kappa shape index (κ2) is 12.4. The van der Waals surface area contributed by atoms with Crippen LogP contribution in [0, 0.1) is 13.8 Å². The fourth-order valence-electron chi connectivity index (χ4n) is 6.24. The van der Waals surface area contributed by atoms with Crippen molar-refractivity contribution in [1.29, 1.82) is 0 Å². The number of H-pyrrole nitrogens is 1. The summed E-state index contributed by atoms with van der Waals surface area (Å²) in [7, 11) is 3.72. The molecule has 1 unspecified atom stereocenters. The molecular formula is C34H38N6O5. The maximum Gasteiger partial charge on any atom is 0.238 e. The summed E-state index contributed by atoms with van der Waals surface area (Å²) in [6.45, 7) is 6.03. The highest BCUT2D eigenvalue weighted by Crippen LogP contribution is 2.48. The van der Waals surface area contributed by atoms with Gasteiger partial charge in [-0.2, -0.15) is 0 Å². The first-order valence-electron chi connectivity index (χ1n) is 15.0. The van der Waals surface area contributed by atoms with Gasteiger partial charge in [0.15, 0.2) is 0 Å². The largest absolute Gasteiger partial charge is 0.496 e. The van der Waals surface area contributed by atoms with E-state index in [4.69, 9.17) is 19.4 Å². The average Bonchev–Trinajstić information content (AvgIpc) is 3.56. The molecule has 11 heteroatoms. The maximum absolute atomic E-state index is 12.8. The molecule has 1 amide bonds. The van der Waals surface area contributed by atoms with Crippen molar-refractivity contribution in [3.63, 3.8) is 0 Å². The molecule has 1 aliphatic heterocycles. The van der Waals surface area contributed by atoms with Gasteiger partial charge in [-0.25, -0.2) is 4.99 Å². The zero-order chi connectivity index (χ0) is 31.8. The molecule has 3 aromatic carbocycles. The number of hydrogen-bond donors (Lipinski definition) is 5. The van der Waals surface area contributed by atoms with Gasteiger partial charge in [-0.15, -0.1) is 0 Å². The molecule has 3 heterocycles. The van der Waals surface area contributed by atoms with Gasteiger partial charge in [-0.1, -0.05) is 35.5 Å². The van der Waals surface area contributed by atoms with E-state index < -0.39 is 6.10 Å². The molecule has 0 aliphatic carbocycles. The first kappa shape index (κ1) is 30.3. The molecular weight excluding hydrogens is 572 g/mol. The number of amides is 1. The van der Waals surface area contributed by atoms with Gasteiger partial charge in [-0.05, 0) is 62.9 Å². The number of hydrogen-bond acceptors (Lipinski definition) is 9. The summed E-state index contributed by atoms with van der Waals surface area (Å²) in [5.74, 6) is 2.92. The summed E-state index contributed by atoms with van der Waals surface area (Å²) in [6.07, 6.45) is -0.436. The third-order valence-electron chi connectivity index (χ3n) is 8.56. The summed E-state index contributed by atoms with van der Waals surface area (Å²) in [6, 6.07) is 16.0. The highest BCUT2D eigenvalue weighted by atomic mass is 16.5. The van der Waals surface area contributed by atoms with Crippen molar-refractivity contribution in [3.8, 4) is 16.9 Å². The van der Waals surface area contributed by atoms with Gasteiger partial charge in [0, 0.05) is 40.2 Å². The maximum atomic E-state index is 12.8. The third-order valence-corrected chi connectivity index (χ3v) is 8.56. The zero-order valence-electron chi connectivity index (χ0n) is 26.1. The van der Waals surface area contributed by atoms with E-state index in [9.17, 15) is 9.90 Å². The number of aliphatic hydroxyl groups excluding tert-OH is 2. The van der Waals surface area contributed by atoms with Crippen LogP contribution in [0.3, 0.4) is 0 Å². The lowest BCUT2D eigenvalue weighted by atomic mass is 9.89. The van der Waals surface area contributed by atoms with Crippen LogP contribution in [-0.2, 0) is 4.79 Å². The van der Waals surface area contributed by atoms with Crippen molar-refractivity contribution < 1.29 is 24.3 Å². The molecule has 0 saturated carbocycles. The molecule has 11 nitrogen and oxygen atoms in total. The number of methoxy groups -OCH3 is 1. The monoisotopic (exact) mass is 610 g/mol. The first-order chi connectivity index (χ1) is 21.7. The molecule has 2 aromatic heterocycles. The molecule has 5 N–H and O–H groups in total. The SMILES string of the molecule is COc1cc2c3c([nH]c2cc1-c1c(C)noc1C)N=C(C)N(C)C3c1ccc(NC(=O)CNCC[C@H](O)CO)c2ccccc12. The number of fused-ring (bicyclic) bond motifs is 4. The molecule has 1 aliphatic rings. The van der Waals surface area contributed by atoms with E-state index in [1.165, 1.54) is 0 Å². The number of aliphatic imine (C=N–C) groups is 1. The minimum absolute atomic E-state index is 0.0890. The highest BCUT2D eigenvalue weighted by molar-refractivity contribution is 6.05. The Balaban J connectivity index is 1.41. The van der Waals surface area contributed by atoms with Gasteiger partial charge in [0.25, 0.3) is 0 Å². The van der Waals surface area contributed by atoms with E-state index in [0.717, 1.165) is 67.0 Å². The molecule has 2 atom stereocenters. The fourth-order valence-corrected chi connectivity index (χ4v) is 6.24. The van der Waals surface area contributed by atoms with Gasteiger partial charge >= 0.3 is 0 Å². The zero-order valence-corrected chi connectivity index (χ0v) is 26.1. The number of benzene rings is 3. The Hall–Kier alpha value is -4.71. The number of aromatic amines is 1. The van der Waals surface area contributed by atoms with Crippen molar-refractivity contribution in [2.75, 3.05) is 39.2 Å². The Labute approximate surface area is 260 Å². The van der Waals surface area contributed by atoms with E-state index in [1.807, 2.05) is 52.1 Å². The molecule has 0 saturated heterocycles. The first-order valence-corrected chi connectivity index (χ1v) is 15.0. The van der Waals surface area contributed by atoms with Crippen LogP contribution < -0.4 is 15.4 Å². The normalized spacial score (nSPS) is 15.3. The van der Waals surface area contributed by atoms with E-state index in [-0.39, 0.29) is 25.1 Å². The van der Waals surface area contributed by atoms with Crippen LogP contribution in [0.1, 0.15) is 42.0 Å². The molecule has 45 heavy (non-hydrogen) atoms. The number of anilines is 1. The van der Waals surface area contributed by atoms with Crippen molar-refractivity contribution in [2.24, 2.45) is 4.99 Å². The molecule has 6 rings (SSSR count). The van der Waals surface area contributed by atoms with Crippen LogP contribution in [0.4, 0.5) is 11.5 Å². The van der Waals surface area contributed by atoms with E-state index in [2.05, 4.69) is 49.9 Å². The van der Waals surface area contributed by atoms with Gasteiger partial charge in [0.05, 0.1) is 43.7 Å². The lowest BCUT2D eigenvalue weighted by molar-refractivity contribution is -0.115. The van der Waals surface area contributed by atoms with Crippen LogP contribution in [-0.4, -0.2) is 77.0 Å². The second-order valence-corrected chi connectivity index (χ2v) is 11.5. The molecule has 0 spiro atoms. The molecule has 0 bridgehead atoms. The molecule has 0 radical (unpaired) electrons. The van der Waals surface area contributed by atoms with Gasteiger partial charge in [0.2, 0.25) is 5.91 Å². The lowest BCUT2D eigenvalue weighted by Gasteiger charge is -2.34. The smallest absolute Gasteiger partial charge is 0.238 e. The van der Waals surface area contributed by atoms with Crippen LogP contribution in [0.25, 0.3) is 32.8 Å². The molecule has 5 aromatic rings. The van der Waals surface area contributed by atoms with Crippen LogP contribution in [0.5, 0.6) is 5.75 Å². The number of nitrogens with one attached hydrogen (secondary N) is 3. The van der Waals surface area contributed by atoms with Gasteiger partial charge in [-0.3, -0.25) is 4.79 Å². The molecule has 234 valence electrons. The van der Waals surface area contributed by atoms with Gasteiger partial charge in [0.1, 0.15) is 23.2 Å². The number of nitrogens with zero attached hydrogens (tertiary/aromatic N) is 3. The Kier molecular flexibility index (Phi) is 8.32. The number of carbonyl (C=O) groups is 1. The van der Waals surface area contributed by atoms with Gasteiger partial charge < -0.3 is 40.0 Å². The van der Waals surface area contributed by atoms with Crippen LogP contribution in [0.2, 0.25) is 0 Å². The van der Waals surface area contributed by atoms with Crippen molar-refractivity contribution in [1.82, 2.24) is 20.4 Å². The van der Waals surface area contributed by atoms with Crippen molar-refractivity contribution in [3.05, 3.63) is 71.1 Å². The number of ether oxygens (including phenoxy) is 1. The second-order valence-electron chi connectivity index (χ2n) is 11.5. The lowest BCUT2D eigenvalue weighted by Crippen LogP contribution is -2.32. The Morgan fingerprint density at radius 3 is 2.62 bits per heavy atom. The topological polar surface area (TPSA) is 148 Å².